The van der Waals surface area contributed by atoms with Crippen LogP contribution in [0.5, 0.6) is 0 Å². The maximum absolute atomic E-state index is 10.5. The van der Waals surface area contributed by atoms with Gasteiger partial charge in [-0.1, -0.05) is 6.07 Å². The minimum absolute atomic E-state index is 0.402. The van der Waals surface area contributed by atoms with E-state index in [-0.39, 0.29) is 0 Å². The smallest absolute Gasteiger partial charge is 0.185 e. The third-order valence-corrected chi connectivity index (χ3v) is 4.27. The molecule has 0 aliphatic heterocycles. The topological polar surface area (TPSA) is 30.2 Å². The molecule has 0 amide bonds. The molecule has 1 aliphatic carbocycles. The van der Waals surface area contributed by atoms with Crippen molar-refractivity contribution >= 4 is 18.0 Å². The third kappa shape index (κ3) is 2.36. The number of aryl methyl sites for hydroxylation is 2. The Hall–Kier alpha value is -1.48. The highest BCUT2D eigenvalue weighted by molar-refractivity contribution is 7.98. The average Bonchev–Trinajstić information content (AvgIpc) is 3.04. The fourth-order valence-corrected chi connectivity index (χ4v) is 3.18. The standard InChI is InChI=1S/C15H14O2S/c16-9-13-5-6-14(17-13)10-18-15-7-4-11-2-1-3-12(11)8-15/h4-9H,1-3,10H2. The van der Waals surface area contributed by atoms with Gasteiger partial charge in [0.15, 0.2) is 12.0 Å². The lowest BCUT2D eigenvalue weighted by Crippen LogP contribution is -1.83. The normalized spacial score (nSPS) is 13.6. The van der Waals surface area contributed by atoms with Crippen molar-refractivity contribution in [2.24, 2.45) is 0 Å². The number of rotatable bonds is 4. The maximum Gasteiger partial charge on any atom is 0.185 e. The van der Waals surface area contributed by atoms with Crippen LogP contribution in [0.25, 0.3) is 0 Å². The first kappa shape index (κ1) is 11.6. The summed E-state index contributed by atoms with van der Waals surface area (Å²) < 4.78 is 5.36. The lowest BCUT2D eigenvalue weighted by molar-refractivity contribution is 0.109. The Labute approximate surface area is 110 Å². The Kier molecular flexibility index (Phi) is 3.24. The van der Waals surface area contributed by atoms with Gasteiger partial charge in [-0.05, 0) is 54.7 Å². The van der Waals surface area contributed by atoms with Gasteiger partial charge in [-0.3, -0.25) is 4.79 Å². The van der Waals surface area contributed by atoms with Gasteiger partial charge in [0.1, 0.15) is 5.76 Å². The van der Waals surface area contributed by atoms with Crippen LogP contribution < -0.4 is 0 Å². The number of carbonyl (C=O) groups excluding carboxylic acids is 1. The number of furan rings is 1. The second-order valence-corrected chi connectivity index (χ2v) is 5.54. The number of hydrogen-bond donors (Lipinski definition) is 0. The summed E-state index contributed by atoms with van der Waals surface area (Å²) >= 11 is 1.75. The van der Waals surface area contributed by atoms with Crippen molar-refractivity contribution < 1.29 is 9.21 Å². The predicted molar refractivity (Wildman–Crippen MR) is 72.1 cm³/mol. The van der Waals surface area contributed by atoms with Crippen LogP contribution in [0.4, 0.5) is 0 Å². The minimum atomic E-state index is 0.402. The molecule has 0 N–H and O–H groups in total. The molecule has 0 radical (unpaired) electrons. The maximum atomic E-state index is 10.5. The molecule has 0 spiro atoms. The number of benzene rings is 1. The van der Waals surface area contributed by atoms with Crippen LogP contribution in [0.3, 0.4) is 0 Å². The molecule has 0 saturated heterocycles. The van der Waals surface area contributed by atoms with E-state index in [1.165, 1.54) is 35.3 Å². The molecule has 3 heteroatoms. The first-order chi connectivity index (χ1) is 8.85. The average molecular weight is 258 g/mol. The van der Waals surface area contributed by atoms with Gasteiger partial charge in [-0.25, -0.2) is 0 Å². The van der Waals surface area contributed by atoms with E-state index in [4.69, 9.17) is 4.42 Å². The Morgan fingerprint density at radius 3 is 2.89 bits per heavy atom. The van der Waals surface area contributed by atoms with Gasteiger partial charge >= 0.3 is 0 Å². The van der Waals surface area contributed by atoms with Crippen molar-refractivity contribution in [1.29, 1.82) is 0 Å². The Morgan fingerprint density at radius 2 is 2.06 bits per heavy atom. The molecular formula is C15H14O2S. The summed E-state index contributed by atoms with van der Waals surface area (Å²) in [5, 5.41) is 0. The number of thioether (sulfide) groups is 1. The molecule has 0 unspecified atom stereocenters. The van der Waals surface area contributed by atoms with Crippen LogP contribution >= 0.6 is 11.8 Å². The van der Waals surface area contributed by atoms with Gasteiger partial charge in [0.05, 0.1) is 5.75 Å². The van der Waals surface area contributed by atoms with Gasteiger partial charge in [-0.2, -0.15) is 0 Å². The lowest BCUT2D eigenvalue weighted by atomic mass is 10.1. The molecule has 1 aromatic carbocycles. The summed E-state index contributed by atoms with van der Waals surface area (Å²) in [6, 6.07) is 10.3. The zero-order valence-electron chi connectivity index (χ0n) is 10.0. The quantitative estimate of drug-likeness (QED) is 0.616. The molecule has 92 valence electrons. The van der Waals surface area contributed by atoms with Crippen LogP contribution in [0.15, 0.2) is 39.6 Å². The fourth-order valence-electron chi connectivity index (χ4n) is 2.33. The summed E-state index contributed by atoms with van der Waals surface area (Å²) in [4.78, 5) is 11.8. The van der Waals surface area contributed by atoms with Gasteiger partial charge in [-0.15, -0.1) is 11.8 Å². The van der Waals surface area contributed by atoms with E-state index in [0.717, 1.165) is 17.8 Å². The van der Waals surface area contributed by atoms with E-state index >= 15 is 0 Å². The van der Waals surface area contributed by atoms with Gasteiger partial charge in [0, 0.05) is 4.90 Å². The lowest BCUT2D eigenvalue weighted by Gasteiger charge is -2.03. The Bertz CT molecular complexity index is 572. The number of hydrogen-bond acceptors (Lipinski definition) is 3. The molecule has 0 fully saturated rings. The number of aldehydes is 1. The largest absolute Gasteiger partial charge is 0.457 e. The highest BCUT2D eigenvalue weighted by Gasteiger charge is 2.11. The van der Waals surface area contributed by atoms with Crippen LogP contribution in [0.1, 0.15) is 33.9 Å². The zero-order valence-corrected chi connectivity index (χ0v) is 10.8. The van der Waals surface area contributed by atoms with Crippen molar-refractivity contribution in [3.63, 3.8) is 0 Å². The molecule has 0 atom stereocenters. The molecule has 18 heavy (non-hydrogen) atoms. The highest BCUT2D eigenvalue weighted by atomic mass is 32.2. The SMILES string of the molecule is O=Cc1ccc(CSc2ccc3c(c2)CCC3)o1. The van der Waals surface area contributed by atoms with E-state index < -0.39 is 0 Å². The summed E-state index contributed by atoms with van der Waals surface area (Å²) in [5.74, 6) is 2.02. The Morgan fingerprint density at radius 1 is 1.17 bits per heavy atom. The van der Waals surface area contributed by atoms with Gasteiger partial charge < -0.3 is 4.42 Å². The van der Waals surface area contributed by atoms with Gasteiger partial charge in [0.2, 0.25) is 0 Å². The summed E-state index contributed by atoms with van der Waals surface area (Å²) in [7, 11) is 0. The zero-order chi connectivity index (χ0) is 12.4. The van der Waals surface area contributed by atoms with Crippen molar-refractivity contribution in [1.82, 2.24) is 0 Å². The Balaban J connectivity index is 1.68. The molecule has 2 aromatic rings. The highest BCUT2D eigenvalue weighted by Crippen LogP contribution is 2.29. The minimum Gasteiger partial charge on any atom is -0.457 e. The molecule has 1 heterocycles. The van der Waals surface area contributed by atoms with Crippen LogP contribution in [-0.4, -0.2) is 6.29 Å². The molecule has 1 aliphatic rings. The van der Waals surface area contributed by atoms with E-state index in [2.05, 4.69) is 18.2 Å². The van der Waals surface area contributed by atoms with Crippen LogP contribution in [0.2, 0.25) is 0 Å². The van der Waals surface area contributed by atoms with E-state index in [9.17, 15) is 4.79 Å². The second kappa shape index (κ2) is 5.02. The van der Waals surface area contributed by atoms with E-state index in [0.29, 0.717) is 5.76 Å². The van der Waals surface area contributed by atoms with Gasteiger partial charge in [0.25, 0.3) is 0 Å². The van der Waals surface area contributed by atoms with Crippen LogP contribution in [-0.2, 0) is 18.6 Å². The molecular weight excluding hydrogens is 244 g/mol. The molecule has 0 saturated carbocycles. The first-order valence-electron chi connectivity index (χ1n) is 6.13. The fraction of sp³-hybridized carbons (Fsp3) is 0.267. The molecule has 3 rings (SSSR count). The van der Waals surface area contributed by atoms with Crippen molar-refractivity contribution in [3.05, 3.63) is 53.0 Å². The summed E-state index contributed by atoms with van der Waals surface area (Å²) in [6.45, 7) is 0. The molecule has 0 bridgehead atoms. The summed E-state index contributed by atoms with van der Waals surface area (Å²) in [6.07, 6.45) is 4.45. The van der Waals surface area contributed by atoms with Crippen molar-refractivity contribution in [3.8, 4) is 0 Å². The predicted octanol–water partition coefficient (Wildman–Crippen LogP) is 3.87. The number of carbonyl (C=O) groups is 1. The monoisotopic (exact) mass is 258 g/mol. The van der Waals surface area contributed by atoms with E-state index in [1.54, 1.807) is 17.8 Å². The van der Waals surface area contributed by atoms with E-state index in [1.807, 2.05) is 6.07 Å². The summed E-state index contributed by atoms with van der Waals surface area (Å²) in [5.41, 5.74) is 2.99. The molecule has 2 nitrogen and oxygen atoms in total. The first-order valence-corrected chi connectivity index (χ1v) is 7.12. The number of fused-ring (bicyclic) bond motifs is 1. The second-order valence-electron chi connectivity index (χ2n) is 4.49. The third-order valence-electron chi connectivity index (χ3n) is 3.25. The molecule has 1 aromatic heterocycles. The van der Waals surface area contributed by atoms with Crippen LogP contribution in [0, 0.1) is 0 Å². The van der Waals surface area contributed by atoms with Crippen molar-refractivity contribution in [2.45, 2.75) is 29.9 Å². The van der Waals surface area contributed by atoms with Crippen molar-refractivity contribution in [2.75, 3.05) is 0 Å².